The Bertz CT molecular complexity index is 310. The van der Waals surface area contributed by atoms with Gasteiger partial charge in [-0.3, -0.25) is 0 Å². The van der Waals surface area contributed by atoms with Crippen LogP contribution in [0.15, 0.2) is 36.2 Å². The van der Waals surface area contributed by atoms with E-state index in [2.05, 4.69) is 0 Å². The number of nitrogens with two attached hydrogens (primary N) is 1. The molecular weight excluding hydrogens is 201 g/mol. The molecule has 0 bridgehead atoms. The monoisotopic (exact) mass is 215 g/mol. The molecule has 1 aromatic carbocycles. The molecule has 1 nitrogen and oxygen atoms in total. The summed E-state index contributed by atoms with van der Waals surface area (Å²) in [5.74, 6) is -0.249. The second-order valence-electron chi connectivity index (χ2n) is 3.05. The van der Waals surface area contributed by atoms with Crippen molar-refractivity contribution < 1.29 is 4.39 Å². The third-order valence-electron chi connectivity index (χ3n) is 1.84. The molecule has 14 heavy (non-hydrogen) atoms. The van der Waals surface area contributed by atoms with Gasteiger partial charge in [-0.15, -0.1) is 12.4 Å². The molecule has 0 amide bonds. The summed E-state index contributed by atoms with van der Waals surface area (Å²) < 4.78 is 12.7. The molecule has 3 heteroatoms. The number of aryl methyl sites for hydroxylation is 1. The first-order valence-corrected chi connectivity index (χ1v) is 4.32. The van der Waals surface area contributed by atoms with Gasteiger partial charge in [-0.2, -0.15) is 0 Å². The summed E-state index contributed by atoms with van der Waals surface area (Å²) in [6.45, 7) is 2.01. The van der Waals surface area contributed by atoms with Crippen LogP contribution in [0.3, 0.4) is 0 Å². The van der Waals surface area contributed by atoms with E-state index in [1.807, 2.05) is 31.2 Å². The van der Waals surface area contributed by atoms with Gasteiger partial charge in [0.25, 0.3) is 0 Å². The highest BCUT2D eigenvalue weighted by atomic mass is 35.5. The van der Waals surface area contributed by atoms with Crippen molar-refractivity contribution in [2.75, 3.05) is 6.54 Å². The topological polar surface area (TPSA) is 26.0 Å². The largest absolute Gasteiger partial charge is 0.325 e. The molecule has 0 aliphatic rings. The van der Waals surface area contributed by atoms with Crippen molar-refractivity contribution in [3.05, 3.63) is 47.3 Å². The smallest absolute Gasteiger partial charge is 0.110 e. The van der Waals surface area contributed by atoms with Gasteiger partial charge in [-0.1, -0.05) is 29.8 Å². The van der Waals surface area contributed by atoms with Gasteiger partial charge in [0.2, 0.25) is 0 Å². The van der Waals surface area contributed by atoms with Gasteiger partial charge in [0.05, 0.1) is 0 Å². The Morgan fingerprint density at radius 3 is 2.79 bits per heavy atom. The summed E-state index contributed by atoms with van der Waals surface area (Å²) in [5, 5.41) is 0. The predicted octanol–water partition coefficient (Wildman–Crippen LogP) is 2.77. The van der Waals surface area contributed by atoms with E-state index in [-0.39, 0.29) is 24.8 Å². The molecule has 0 spiro atoms. The first-order valence-electron chi connectivity index (χ1n) is 4.32. The third kappa shape index (κ3) is 4.40. The minimum absolute atomic E-state index is 0. The van der Waals surface area contributed by atoms with Gasteiger partial charge < -0.3 is 5.73 Å². The van der Waals surface area contributed by atoms with E-state index >= 15 is 0 Å². The summed E-state index contributed by atoms with van der Waals surface area (Å²) in [5.41, 5.74) is 7.43. The second kappa shape index (κ2) is 6.57. The van der Waals surface area contributed by atoms with E-state index in [1.165, 1.54) is 11.6 Å². The second-order valence-corrected chi connectivity index (χ2v) is 3.05. The third-order valence-corrected chi connectivity index (χ3v) is 1.84. The highest BCUT2D eigenvalue weighted by Crippen LogP contribution is 2.06. The van der Waals surface area contributed by atoms with Crippen molar-refractivity contribution in [1.29, 1.82) is 0 Å². The Morgan fingerprint density at radius 1 is 1.50 bits per heavy atom. The lowest BCUT2D eigenvalue weighted by Gasteiger charge is -1.98. The molecular formula is C11H15ClFN. The van der Waals surface area contributed by atoms with Crippen LogP contribution in [0.4, 0.5) is 4.39 Å². The van der Waals surface area contributed by atoms with Crippen LogP contribution < -0.4 is 5.73 Å². The fraction of sp³-hybridized carbons (Fsp3) is 0.273. The molecule has 0 aromatic heterocycles. The molecule has 0 atom stereocenters. The maximum atomic E-state index is 12.7. The number of hydrogen-bond donors (Lipinski definition) is 1. The average Bonchev–Trinajstić information content (AvgIpc) is 2.14. The lowest BCUT2D eigenvalue weighted by molar-refractivity contribution is 0.614. The molecule has 2 N–H and O–H groups in total. The van der Waals surface area contributed by atoms with E-state index in [0.717, 1.165) is 5.56 Å². The van der Waals surface area contributed by atoms with Crippen molar-refractivity contribution in [3.8, 4) is 0 Å². The number of allylic oxidation sites excluding steroid dienone is 1. The lowest BCUT2D eigenvalue weighted by atomic mass is 10.1. The first kappa shape index (κ1) is 13.1. The van der Waals surface area contributed by atoms with Crippen LogP contribution in [0, 0.1) is 6.92 Å². The maximum Gasteiger partial charge on any atom is 0.110 e. The number of benzene rings is 1. The Labute approximate surface area is 90.2 Å². The van der Waals surface area contributed by atoms with E-state index in [0.29, 0.717) is 6.42 Å². The van der Waals surface area contributed by atoms with Crippen LogP contribution in [0.5, 0.6) is 0 Å². The van der Waals surface area contributed by atoms with E-state index in [9.17, 15) is 4.39 Å². The van der Waals surface area contributed by atoms with Crippen molar-refractivity contribution in [2.45, 2.75) is 13.3 Å². The van der Waals surface area contributed by atoms with Crippen molar-refractivity contribution in [3.63, 3.8) is 0 Å². The summed E-state index contributed by atoms with van der Waals surface area (Å²) >= 11 is 0. The van der Waals surface area contributed by atoms with E-state index in [1.54, 1.807) is 0 Å². The molecule has 1 aromatic rings. The minimum atomic E-state index is -0.249. The molecule has 0 saturated heterocycles. The molecule has 0 aliphatic carbocycles. The van der Waals surface area contributed by atoms with Crippen molar-refractivity contribution in [1.82, 2.24) is 0 Å². The quantitative estimate of drug-likeness (QED) is 0.825. The van der Waals surface area contributed by atoms with Crippen molar-refractivity contribution in [2.24, 2.45) is 5.73 Å². The normalized spacial score (nSPS) is 10.9. The van der Waals surface area contributed by atoms with E-state index in [4.69, 9.17) is 5.73 Å². The average molecular weight is 216 g/mol. The summed E-state index contributed by atoms with van der Waals surface area (Å²) in [6.07, 6.45) is 2.14. The zero-order chi connectivity index (χ0) is 9.68. The zero-order valence-electron chi connectivity index (χ0n) is 8.16. The predicted molar refractivity (Wildman–Crippen MR) is 60.4 cm³/mol. The van der Waals surface area contributed by atoms with Crippen LogP contribution >= 0.6 is 12.4 Å². The molecule has 0 heterocycles. The lowest BCUT2D eigenvalue weighted by Crippen LogP contribution is -1.99. The molecule has 0 radical (unpaired) electrons. The number of halogens is 2. The maximum absolute atomic E-state index is 12.7. The Kier molecular flexibility index (Phi) is 6.17. The molecule has 0 unspecified atom stereocenters. The molecule has 0 fully saturated rings. The minimum Gasteiger partial charge on any atom is -0.325 e. The van der Waals surface area contributed by atoms with Crippen molar-refractivity contribution >= 4 is 12.4 Å². The standard InChI is InChI=1S/C11H14FN.ClH/c1-9-3-2-4-10(7-9)5-6-11(12)8-13;/h2-4,6-7H,5,8,13H2,1H3;1H. The highest BCUT2D eigenvalue weighted by molar-refractivity contribution is 5.85. The summed E-state index contributed by atoms with van der Waals surface area (Å²) in [6, 6.07) is 8.01. The molecule has 78 valence electrons. The Balaban J connectivity index is 0.00000169. The summed E-state index contributed by atoms with van der Waals surface area (Å²) in [4.78, 5) is 0. The van der Waals surface area contributed by atoms with Gasteiger partial charge in [0.1, 0.15) is 5.83 Å². The summed E-state index contributed by atoms with van der Waals surface area (Å²) in [7, 11) is 0. The molecule has 1 rings (SSSR count). The number of hydrogen-bond acceptors (Lipinski definition) is 1. The van der Waals surface area contributed by atoms with Crippen LogP contribution in [0.2, 0.25) is 0 Å². The number of rotatable bonds is 3. The zero-order valence-corrected chi connectivity index (χ0v) is 8.98. The first-order chi connectivity index (χ1) is 6.22. The van der Waals surface area contributed by atoms with Crippen LogP contribution in [-0.4, -0.2) is 6.54 Å². The fourth-order valence-corrected chi connectivity index (χ4v) is 1.15. The molecule has 0 aliphatic heterocycles. The van der Waals surface area contributed by atoms with Gasteiger partial charge in [0.15, 0.2) is 0 Å². The van der Waals surface area contributed by atoms with Gasteiger partial charge >= 0.3 is 0 Å². The fourth-order valence-electron chi connectivity index (χ4n) is 1.15. The highest BCUT2D eigenvalue weighted by Gasteiger charge is 1.92. The van der Waals surface area contributed by atoms with Gasteiger partial charge in [0, 0.05) is 6.54 Å². The van der Waals surface area contributed by atoms with Gasteiger partial charge in [-0.25, -0.2) is 4.39 Å². The Hall–Kier alpha value is -0.860. The Morgan fingerprint density at radius 2 is 2.21 bits per heavy atom. The van der Waals surface area contributed by atoms with Crippen LogP contribution in [-0.2, 0) is 6.42 Å². The van der Waals surface area contributed by atoms with E-state index < -0.39 is 0 Å². The molecule has 0 saturated carbocycles. The SMILES string of the molecule is Cc1cccc(CC=C(F)CN)c1.Cl. The van der Waals surface area contributed by atoms with Crippen LogP contribution in [0.1, 0.15) is 11.1 Å². The van der Waals surface area contributed by atoms with Gasteiger partial charge in [-0.05, 0) is 25.0 Å². The van der Waals surface area contributed by atoms with Crippen LogP contribution in [0.25, 0.3) is 0 Å².